The summed E-state index contributed by atoms with van der Waals surface area (Å²) in [6.45, 7) is 4.51. The third kappa shape index (κ3) is 5.29. The van der Waals surface area contributed by atoms with Crippen molar-refractivity contribution >= 4 is 30.1 Å². The van der Waals surface area contributed by atoms with Crippen molar-refractivity contribution in [1.82, 2.24) is 5.32 Å². The van der Waals surface area contributed by atoms with Crippen molar-refractivity contribution in [2.45, 2.75) is 31.2 Å². The second kappa shape index (κ2) is 8.40. The van der Waals surface area contributed by atoms with Crippen LogP contribution in [0.4, 0.5) is 0 Å². The first-order valence-corrected chi connectivity index (χ1v) is 6.95. The lowest BCUT2D eigenvalue weighted by molar-refractivity contribution is 0.0952. The van der Waals surface area contributed by atoms with Crippen LogP contribution < -0.4 is 11.1 Å². The summed E-state index contributed by atoms with van der Waals surface area (Å²) < 4.78 is 0. The molecule has 0 spiro atoms. The molecule has 102 valence electrons. The summed E-state index contributed by atoms with van der Waals surface area (Å²) in [5.74, 6) is -0.0148. The Hall–Kier alpha value is -0.710. The first kappa shape index (κ1) is 17.3. The van der Waals surface area contributed by atoms with E-state index >= 15 is 0 Å². The van der Waals surface area contributed by atoms with Crippen molar-refractivity contribution in [3.05, 3.63) is 29.3 Å². The molecule has 1 aromatic rings. The Morgan fingerprint density at radius 2 is 2.17 bits per heavy atom. The summed E-state index contributed by atoms with van der Waals surface area (Å²) in [4.78, 5) is 13.1. The molecule has 0 fully saturated rings. The molecule has 0 radical (unpaired) electrons. The zero-order valence-corrected chi connectivity index (χ0v) is 12.7. The molecule has 1 amide bonds. The Bertz CT molecular complexity index is 397. The minimum absolute atomic E-state index is 0. The molecule has 1 unspecified atom stereocenters. The molecule has 1 atom stereocenters. The van der Waals surface area contributed by atoms with Crippen LogP contribution in [0.25, 0.3) is 0 Å². The van der Waals surface area contributed by atoms with E-state index in [1.54, 1.807) is 11.8 Å². The van der Waals surface area contributed by atoms with E-state index in [0.717, 1.165) is 22.4 Å². The number of aryl methyl sites for hydroxylation is 1. The minimum atomic E-state index is -0.0148. The number of carbonyl (C=O) groups is 1. The average molecular weight is 289 g/mol. The predicted molar refractivity (Wildman–Crippen MR) is 80.8 cm³/mol. The molecule has 0 aliphatic heterocycles. The number of rotatable bonds is 5. The molecule has 0 aliphatic carbocycles. The molecular weight excluding hydrogens is 268 g/mol. The third-order valence-electron chi connectivity index (χ3n) is 2.57. The van der Waals surface area contributed by atoms with Crippen LogP contribution in [0.2, 0.25) is 0 Å². The first-order valence-electron chi connectivity index (χ1n) is 5.73. The summed E-state index contributed by atoms with van der Waals surface area (Å²) in [6.07, 6.45) is 2.80. The summed E-state index contributed by atoms with van der Waals surface area (Å²) in [6, 6.07) is 6.06. The molecule has 5 heteroatoms. The number of hydrogen-bond donors (Lipinski definition) is 2. The Labute approximate surface area is 119 Å². The number of hydrogen-bond acceptors (Lipinski definition) is 3. The fourth-order valence-corrected chi connectivity index (χ4v) is 1.92. The maximum Gasteiger partial charge on any atom is 0.251 e. The van der Waals surface area contributed by atoms with Gasteiger partial charge in [-0.1, -0.05) is 6.07 Å². The van der Waals surface area contributed by atoms with Crippen molar-refractivity contribution < 1.29 is 4.79 Å². The molecule has 0 aliphatic rings. The van der Waals surface area contributed by atoms with Gasteiger partial charge in [0.05, 0.1) is 0 Å². The summed E-state index contributed by atoms with van der Waals surface area (Å²) in [5, 5.41) is 2.89. The van der Waals surface area contributed by atoms with Gasteiger partial charge < -0.3 is 11.1 Å². The molecule has 0 saturated heterocycles. The zero-order valence-electron chi connectivity index (χ0n) is 11.0. The van der Waals surface area contributed by atoms with Crippen LogP contribution in [-0.4, -0.2) is 24.7 Å². The highest BCUT2D eigenvalue weighted by Crippen LogP contribution is 2.18. The molecule has 18 heavy (non-hydrogen) atoms. The van der Waals surface area contributed by atoms with Crippen LogP contribution in [-0.2, 0) is 0 Å². The predicted octanol–water partition coefficient (Wildman–Crippen LogP) is 2.61. The van der Waals surface area contributed by atoms with Crippen molar-refractivity contribution in [3.63, 3.8) is 0 Å². The lowest BCUT2D eigenvalue weighted by atomic mass is 10.1. The second-order valence-corrected chi connectivity index (χ2v) is 5.08. The van der Waals surface area contributed by atoms with Crippen LogP contribution >= 0.6 is 24.2 Å². The number of amides is 1. The van der Waals surface area contributed by atoms with Crippen molar-refractivity contribution in [2.75, 3.05) is 12.8 Å². The van der Waals surface area contributed by atoms with Gasteiger partial charge in [0.2, 0.25) is 0 Å². The number of thioether (sulfide) groups is 1. The highest BCUT2D eigenvalue weighted by atomic mass is 35.5. The maximum absolute atomic E-state index is 12.0. The number of carbonyl (C=O) groups excluding carboxylic acids is 1. The Morgan fingerprint density at radius 1 is 1.50 bits per heavy atom. The molecule has 1 rings (SSSR count). The van der Waals surface area contributed by atoms with E-state index in [1.165, 1.54) is 0 Å². The standard InChI is InChI=1S/C13H20N2OS.ClH/c1-9-4-5-11(17-3)8-12(9)13(16)15-7-6-10(2)14;/h4-5,8,10H,6-7,14H2,1-3H3,(H,15,16);1H. The topological polar surface area (TPSA) is 55.1 Å². The van der Waals surface area contributed by atoms with E-state index in [1.807, 2.05) is 38.3 Å². The molecule has 0 heterocycles. The van der Waals surface area contributed by atoms with Crippen molar-refractivity contribution in [1.29, 1.82) is 0 Å². The van der Waals surface area contributed by atoms with Gasteiger partial charge in [0.1, 0.15) is 0 Å². The van der Waals surface area contributed by atoms with Gasteiger partial charge in [-0.3, -0.25) is 4.79 Å². The van der Waals surface area contributed by atoms with Crippen LogP contribution in [0.15, 0.2) is 23.1 Å². The van der Waals surface area contributed by atoms with Gasteiger partial charge in [0.25, 0.3) is 5.91 Å². The lowest BCUT2D eigenvalue weighted by Gasteiger charge is -2.10. The average Bonchev–Trinajstić information content (AvgIpc) is 2.29. The van der Waals surface area contributed by atoms with Crippen LogP contribution in [0.1, 0.15) is 29.3 Å². The van der Waals surface area contributed by atoms with E-state index in [0.29, 0.717) is 6.54 Å². The normalized spacial score (nSPS) is 11.6. The minimum Gasteiger partial charge on any atom is -0.352 e. The third-order valence-corrected chi connectivity index (χ3v) is 3.30. The first-order chi connectivity index (χ1) is 8.04. The number of nitrogens with one attached hydrogen (secondary N) is 1. The lowest BCUT2D eigenvalue weighted by Crippen LogP contribution is -2.29. The number of halogens is 1. The molecule has 3 N–H and O–H groups in total. The van der Waals surface area contributed by atoms with Crippen LogP contribution in [0, 0.1) is 6.92 Å². The molecule has 0 saturated carbocycles. The van der Waals surface area contributed by atoms with E-state index < -0.39 is 0 Å². The Kier molecular flexibility index (Phi) is 8.07. The monoisotopic (exact) mass is 288 g/mol. The van der Waals surface area contributed by atoms with Gasteiger partial charge in [0.15, 0.2) is 0 Å². The van der Waals surface area contributed by atoms with Crippen LogP contribution in [0.3, 0.4) is 0 Å². The van der Waals surface area contributed by atoms with E-state index in [2.05, 4.69) is 5.32 Å². The summed E-state index contributed by atoms with van der Waals surface area (Å²) in [5.41, 5.74) is 7.39. The fraction of sp³-hybridized carbons (Fsp3) is 0.462. The number of nitrogens with two attached hydrogens (primary N) is 1. The molecular formula is C13H21ClN2OS. The largest absolute Gasteiger partial charge is 0.352 e. The van der Waals surface area contributed by atoms with Crippen molar-refractivity contribution in [2.24, 2.45) is 5.73 Å². The van der Waals surface area contributed by atoms with Gasteiger partial charge in [-0.2, -0.15) is 0 Å². The Morgan fingerprint density at radius 3 is 2.72 bits per heavy atom. The quantitative estimate of drug-likeness (QED) is 0.819. The van der Waals surface area contributed by atoms with E-state index in [9.17, 15) is 4.79 Å². The van der Waals surface area contributed by atoms with Crippen molar-refractivity contribution in [3.8, 4) is 0 Å². The van der Waals surface area contributed by atoms with E-state index in [-0.39, 0.29) is 24.4 Å². The Balaban J connectivity index is 0.00000289. The van der Waals surface area contributed by atoms with Gasteiger partial charge >= 0.3 is 0 Å². The second-order valence-electron chi connectivity index (χ2n) is 4.20. The van der Waals surface area contributed by atoms with Gasteiger partial charge in [0, 0.05) is 23.0 Å². The summed E-state index contributed by atoms with van der Waals surface area (Å²) >= 11 is 1.64. The van der Waals surface area contributed by atoms with Crippen LogP contribution in [0.5, 0.6) is 0 Å². The van der Waals surface area contributed by atoms with E-state index in [4.69, 9.17) is 5.73 Å². The fourth-order valence-electron chi connectivity index (χ4n) is 1.48. The molecule has 0 aromatic heterocycles. The van der Waals surface area contributed by atoms with Gasteiger partial charge in [-0.05, 0) is 44.2 Å². The SMILES string of the molecule is CSc1ccc(C)c(C(=O)NCCC(C)N)c1.Cl. The molecule has 1 aromatic carbocycles. The highest BCUT2D eigenvalue weighted by Gasteiger charge is 2.09. The number of benzene rings is 1. The highest BCUT2D eigenvalue weighted by molar-refractivity contribution is 7.98. The smallest absolute Gasteiger partial charge is 0.251 e. The van der Waals surface area contributed by atoms with Gasteiger partial charge in [-0.25, -0.2) is 0 Å². The molecule has 0 bridgehead atoms. The zero-order chi connectivity index (χ0) is 12.8. The maximum atomic E-state index is 12.0. The van der Waals surface area contributed by atoms with Gasteiger partial charge in [-0.15, -0.1) is 24.2 Å². The summed E-state index contributed by atoms with van der Waals surface area (Å²) in [7, 11) is 0. The molecule has 3 nitrogen and oxygen atoms in total.